The summed E-state index contributed by atoms with van der Waals surface area (Å²) in [5, 5.41) is 4.05. The maximum absolute atomic E-state index is 11.7. The highest BCUT2D eigenvalue weighted by Crippen LogP contribution is 2.22. The number of alkyl carbamates (subject to hydrolysis) is 1. The van der Waals surface area contributed by atoms with Crippen molar-refractivity contribution in [3.05, 3.63) is 17.9 Å². The van der Waals surface area contributed by atoms with Gasteiger partial charge in [0.2, 0.25) is 0 Å². The quantitative estimate of drug-likeness (QED) is 0.288. The third-order valence-corrected chi connectivity index (χ3v) is 6.83. The molecule has 5 heteroatoms. The predicted molar refractivity (Wildman–Crippen MR) is 116 cm³/mol. The zero-order chi connectivity index (χ0) is 20.1. The standard InChI is InChI=1S/C22H41NO3Si/c1-6-7-8-9-10-11-12-13-14-15-16-20(23-22(24)25-2)19-17-21(26-18-19)27(3,4)5/h17-18,20H,6-16H2,1-5H3,(H,23,24). The van der Waals surface area contributed by atoms with Crippen molar-refractivity contribution in [1.29, 1.82) is 0 Å². The fourth-order valence-corrected chi connectivity index (χ4v) is 4.30. The number of hydrogen-bond acceptors (Lipinski definition) is 3. The van der Waals surface area contributed by atoms with E-state index in [9.17, 15) is 4.79 Å². The van der Waals surface area contributed by atoms with Gasteiger partial charge in [0.25, 0.3) is 0 Å². The Hall–Kier alpha value is -1.23. The third kappa shape index (κ3) is 10.0. The van der Waals surface area contributed by atoms with Crippen molar-refractivity contribution in [2.24, 2.45) is 0 Å². The molecular formula is C22H41NO3Si. The molecule has 1 aromatic heterocycles. The minimum Gasteiger partial charge on any atom is -0.474 e. The Morgan fingerprint density at radius 1 is 1.04 bits per heavy atom. The Labute approximate surface area is 167 Å². The Kier molecular flexibility index (Phi) is 11.5. The van der Waals surface area contributed by atoms with Crippen LogP contribution in [-0.2, 0) is 4.74 Å². The van der Waals surface area contributed by atoms with Gasteiger partial charge in [0.05, 0.1) is 24.8 Å². The van der Waals surface area contributed by atoms with Crippen molar-refractivity contribution in [1.82, 2.24) is 5.32 Å². The molecule has 0 bridgehead atoms. The highest BCUT2D eigenvalue weighted by molar-refractivity contribution is 6.87. The molecule has 0 saturated carbocycles. The van der Waals surface area contributed by atoms with Gasteiger partial charge in [-0.15, -0.1) is 0 Å². The van der Waals surface area contributed by atoms with Crippen LogP contribution in [0.5, 0.6) is 0 Å². The molecule has 0 radical (unpaired) electrons. The molecule has 0 aliphatic carbocycles. The van der Waals surface area contributed by atoms with E-state index in [4.69, 9.17) is 9.15 Å². The summed E-state index contributed by atoms with van der Waals surface area (Å²) >= 11 is 0. The second-order valence-electron chi connectivity index (χ2n) is 8.65. The van der Waals surface area contributed by atoms with Gasteiger partial charge in [0.1, 0.15) is 8.07 Å². The summed E-state index contributed by atoms with van der Waals surface area (Å²) in [5.74, 6) is 0. The minimum atomic E-state index is -1.48. The monoisotopic (exact) mass is 395 g/mol. The van der Waals surface area contributed by atoms with Crippen LogP contribution in [-0.4, -0.2) is 21.3 Å². The number of carbonyl (C=O) groups excluding carboxylic acids is 1. The van der Waals surface area contributed by atoms with Crippen molar-refractivity contribution >= 4 is 19.6 Å². The first-order valence-corrected chi connectivity index (χ1v) is 14.3. The second kappa shape index (κ2) is 13.0. The fraction of sp³-hybridized carbons (Fsp3) is 0.773. The first kappa shape index (κ1) is 23.8. The van der Waals surface area contributed by atoms with Crippen LogP contribution in [0.3, 0.4) is 0 Å². The molecule has 27 heavy (non-hydrogen) atoms. The predicted octanol–water partition coefficient (Wildman–Crippen LogP) is 6.53. The summed E-state index contributed by atoms with van der Waals surface area (Å²) < 4.78 is 10.6. The number of furan rings is 1. The van der Waals surface area contributed by atoms with Gasteiger partial charge in [-0.05, 0) is 12.5 Å². The van der Waals surface area contributed by atoms with E-state index in [1.54, 1.807) is 0 Å². The van der Waals surface area contributed by atoms with Gasteiger partial charge < -0.3 is 14.5 Å². The first-order chi connectivity index (χ1) is 12.9. The Morgan fingerprint density at radius 2 is 1.59 bits per heavy atom. The molecule has 1 unspecified atom stereocenters. The number of ether oxygens (including phenoxy) is 1. The van der Waals surface area contributed by atoms with Crippen molar-refractivity contribution in [2.75, 3.05) is 7.11 Å². The van der Waals surface area contributed by atoms with E-state index >= 15 is 0 Å². The van der Waals surface area contributed by atoms with E-state index in [0.717, 1.165) is 23.8 Å². The normalized spacial score (nSPS) is 12.8. The third-order valence-electron chi connectivity index (χ3n) is 5.09. The van der Waals surface area contributed by atoms with Gasteiger partial charge in [-0.3, -0.25) is 0 Å². The van der Waals surface area contributed by atoms with Gasteiger partial charge in [-0.25, -0.2) is 4.79 Å². The fourth-order valence-electron chi connectivity index (χ4n) is 3.29. The smallest absolute Gasteiger partial charge is 0.407 e. The largest absolute Gasteiger partial charge is 0.474 e. The molecule has 0 aromatic carbocycles. The number of amides is 1. The molecule has 1 heterocycles. The lowest BCUT2D eigenvalue weighted by molar-refractivity contribution is 0.165. The highest BCUT2D eigenvalue weighted by atomic mass is 28.3. The molecular weight excluding hydrogens is 354 g/mol. The van der Waals surface area contributed by atoms with Crippen LogP contribution >= 0.6 is 0 Å². The Bertz CT molecular complexity index is 522. The van der Waals surface area contributed by atoms with Crippen LogP contribution in [0.25, 0.3) is 0 Å². The van der Waals surface area contributed by atoms with E-state index < -0.39 is 8.07 Å². The average molecular weight is 396 g/mol. The lowest BCUT2D eigenvalue weighted by Crippen LogP contribution is -2.36. The van der Waals surface area contributed by atoms with Gasteiger partial charge in [-0.2, -0.15) is 0 Å². The summed E-state index contributed by atoms with van der Waals surface area (Å²) in [5.41, 5.74) is 1.06. The highest BCUT2D eigenvalue weighted by Gasteiger charge is 2.24. The maximum Gasteiger partial charge on any atom is 0.407 e. The summed E-state index contributed by atoms with van der Waals surface area (Å²) in [6.07, 6.45) is 15.5. The van der Waals surface area contributed by atoms with Gasteiger partial charge in [0.15, 0.2) is 0 Å². The van der Waals surface area contributed by atoms with Crippen LogP contribution < -0.4 is 10.7 Å². The molecule has 1 aromatic rings. The molecule has 1 amide bonds. The second-order valence-corrected chi connectivity index (χ2v) is 13.6. The molecule has 1 rings (SSSR count). The van der Waals surface area contributed by atoms with E-state index in [1.807, 2.05) is 6.26 Å². The molecule has 0 fully saturated rings. The van der Waals surface area contributed by atoms with Crippen molar-refractivity contribution in [2.45, 2.75) is 103 Å². The van der Waals surface area contributed by atoms with Crippen molar-refractivity contribution < 1.29 is 13.9 Å². The van der Waals surface area contributed by atoms with Crippen molar-refractivity contribution in [3.63, 3.8) is 0 Å². The number of methoxy groups -OCH3 is 1. The molecule has 1 N–H and O–H groups in total. The zero-order valence-electron chi connectivity index (χ0n) is 18.2. The van der Waals surface area contributed by atoms with Gasteiger partial charge in [0, 0.05) is 5.56 Å². The summed E-state index contributed by atoms with van der Waals surface area (Å²) in [6, 6.07) is 2.10. The molecule has 0 spiro atoms. The van der Waals surface area contributed by atoms with E-state index in [1.165, 1.54) is 64.9 Å². The van der Waals surface area contributed by atoms with Crippen molar-refractivity contribution in [3.8, 4) is 0 Å². The van der Waals surface area contributed by atoms with E-state index in [0.29, 0.717) is 0 Å². The van der Waals surface area contributed by atoms with Crippen LogP contribution in [0.2, 0.25) is 19.6 Å². The Morgan fingerprint density at radius 3 is 2.07 bits per heavy atom. The minimum absolute atomic E-state index is 0.0275. The van der Waals surface area contributed by atoms with Crippen LogP contribution in [0, 0.1) is 0 Å². The van der Waals surface area contributed by atoms with E-state index in [2.05, 4.69) is 37.9 Å². The molecule has 156 valence electrons. The summed E-state index contributed by atoms with van der Waals surface area (Å²) in [4.78, 5) is 11.7. The average Bonchev–Trinajstić information content (AvgIpc) is 3.12. The first-order valence-electron chi connectivity index (χ1n) is 10.8. The molecule has 0 aliphatic heterocycles. The molecule has 1 atom stereocenters. The summed E-state index contributed by atoms with van der Waals surface area (Å²) in [6.45, 7) is 9.06. The lowest BCUT2D eigenvalue weighted by Gasteiger charge is -2.17. The van der Waals surface area contributed by atoms with Gasteiger partial charge in [-0.1, -0.05) is 90.8 Å². The van der Waals surface area contributed by atoms with Gasteiger partial charge >= 0.3 is 6.09 Å². The number of rotatable bonds is 14. The molecule has 4 nitrogen and oxygen atoms in total. The number of unbranched alkanes of at least 4 members (excludes halogenated alkanes) is 9. The number of carbonyl (C=O) groups is 1. The van der Waals surface area contributed by atoms with E-state index in [-0.39, 0.29) is 12.1 Å². The SMILES string of the molecule is CCCCCCCCCCCCC(NC(=O)OC)c1coc([Si](C)(C)C)c1. The number of nitrogens with one attached hydrogen (secondary N) is 1. The van der Waals surface area contributed by atoms with Crippen LogP contribution in [0.1, 0.15) is 89.2 Å². The molecule has 0 saturated heterocycles. The zero-order valence-corrected chi connectivity index (χ0v) is 19.2. The Balaban J connectivity index is 2.36. The lowest BCUT2D eigenvalue weighted by atomic mass is 10.0. The topological polar surface area (TPSA) is 51.5 Å². The maximum atomic E-state index is 11.7. The summed E-state index contributed by atoms with van der Waals surface area (Å²) in [7, 11) is -0.0703. The van der Waals surface area contributed by atoms with Crippen LogP contribution in [0.4, 0.5) is 4.79 Å². The van der Waals surface area contributed by atoms with Crippen LogP contribution in [0.15, 0.2) is 16.7 Å². The molecule has 0 aliphatic rings. The number of hydrogen-bond donors (Lipinski definition) is 1.